The molecular weight excluding hydrogens is 318 g/mol. The van der Waals surface area contributed by atoms with E-state index in [1.807, 2.05) is 17.8 Å². The smallest absolute Gasteiger partial charge is 0.192 e. The summed E-state index contributed by atoms with van der Waals surface area (Å²) in [7, 11) is 0. The maximum absolute atomic E-state index is 5.85. The Morgan fingerprint density at radius 2 is 2.04 bits per heavy atom. The van der Waals surface area contributed by atoms with Crippen molar-refractivity contribution in [2.75, 3.05) is 0 Å². The van der Waals surface area contributed by atoms with Crippen molar-refractivity contribution in [3.63, 3.8) is 0 Å². The van der Waals surface area contributed by atoms with Crippen LogP contribution >= 0.6 is 11.8 Å². The van der Waals surface area contributed by atoms with E-state index < -0.39 is 0 Å². The summed E-state index contributed by atoms with van der Waals surface area (Å²) >= 11 is 1.82. The molecule has 0 radical (unpaired) electrons. The quantitative estimate of drug-likeness (QED) is 0.750. The van der Waals surface area contributed by atoms with Crippen LogP contribution in [0.25, 0.3) is 11.4 Å². The lowest BCUT2D eigenvalue weighted by Crippen LogP contribution is -2.30. The van der Waals surface area contributed by atoms with Crippen LogP contribution in [0.2, 0.25) is 0 Å². The van der Waals surface area contributed by atoms with E-state index in [-0.39, 0.29) is 0 Å². The Bertz CT molecular complexity index is 702. The van der Waals surface area contributed by atoms with E-state index in [4.69, 9.17) is 4.74 Å². The van der Waals surface area contributed by atoms with E-state index in [1.165, 1.54) is 5.56 Å². The fraction of sp³-hybridized carbons (Fsp3) is 0.474. The Balaban J connectivity index is 1.87. The van der Waals surface area contributed by atoms with E-state index in [0.717, 1.165) is 29.4 Å². The fourth-order valence-electron chi connectivity index (χ4n) is 3.26. The van der Waals surface area contributed by atoms with E-state index >= 15 is 0 Å². The van der Waals surface area contributed by atoms with E-state index in [1.54, 1.807) is 0 Å². The second kappa shape index (κ2) is 7.53. The molecule has 0 aliphatic carbocycles. The van der Waals surface area contributed by atoms with Gasteiger partial charge in [-0.1, -0.05) is 41.6 Å². The molecule has 1 aromatic carbocycles. The second-order valence-electron chi connectivity index (χ2n) is 6.54. The van der Waals surface area contributed by atoms with Gasteiger partial charge in [0.2, 0.25) is 0 Å². The predicted octanol–water partition coefficient (Wildman–Crippen LogP) is 4.49. The molecule has 2 heterocycles. The molecule has 1 aliphatic rings. The van der Waals surface area contributed by atoms with Crippen molar-refractivity contribution in [3.8, 4) is 11.4 Å². The zero-order chi connectivity index (χ0) is 17.1. The molecule has 0 saturated carbocycles. The molecule has 1 fully saturated rings. The highest BCUT2D eigenvalue weighted by Crippen LogP contribution is 2.34. The Hall–Kier alpha value is -1.59. The zero-order valence-corrected chi connectivity index (χ0v) is 15.4. The number of aryl methyl sites for hydroxylation is 1. The first-order chi connectivity index (χ1) is 11.6. The van der Waals surface area contributed by atoms with Gasteiger partial charge in [-0.2, -0.15) is 0 Å². The van der Waals surface area contributed by atoms with Gasteiger partial charge in [0.05, 0.1) is 12.2 Å². The summed E-state index contributed by atoms with van der Waals surface area (Å²) in [6, 6.07) is 8.39. The van der Waals surface area contributed by atoms with E-state index in [9.17, 15) is 0 Å². The van der Waals surface area contributed by atoms with Gasteiger partial charge >= 0.3 is 0 Å². The monoisotopic (exact) mass is 343 g/mol. The van der Waals surface area contributed by atoms with Crippen LogP contribution < -0.4 is 0 Å². The minimum absolute atomic E-state index is 0.304. The van der Waals surface area contributed by atoms with Crippen LogP contribution in [0.3, 0.4) is 0 Å². The summed E-state index contributed by atoms with van der Waals surface area (Å²) in [5, 5.41) is 10.4. The van der Waals surface area contributed by atoms with Crippen LogP contribution in [0.4, 0.5) is 0 Å². The van der Waals surface area contributed by atoms with Gasteiger partial charge < -0.3 is 4.74 Å². The largest absolute Gasteiger partial charge is 0.375 e. The van der Waals surface area contributed by atoms with E-state index in [0.29, 0.717) is 24.0 Å². The van der Waals surface area contributed by atoms with Gasteiger partial charge in [0.15, 0.2) is 11.0 Å². The average molecular weight is 343 g/mol. The normalized spacial score (nSPS) is 24.0. The number of ether oxygens (including phenoxy) is 1. The molecular formula is C19H25N3OS. The Kier molecular flexibility index (Phi) is 5.41. The molecule has 5 heteroatoms. The summed E-state index contributed by atoms with van der Waals surface area (Å²) in [6.45, 7) is 11.0. The zero-order valence-electron chi connectivity index (χ0n) is 14.6. The minimum atomic E-state index is 0.304. The molecule has 1 aromatic heterocycles. The molecule has 2 aromatic rings. The molecule has 0 unspecified atom stereocenters. The van der Waals surface area contributed by atoms with E-state index in [2.05, 4.69) is 66.4 Å². The number of nitrogens with zero attached hydrogens (tertiary/aromatic N) is 3. The molecule has 1 saturated heterocycles. The van der Waals surface area contributed by atoms with Crippen molar-refractivity contribution >= 4 is 11.8 Å². The third-order valence-electron chi connectivity index (χ3n) is 4.23. The number of allylic oxidation sites excluding steroid dienone is 1. The molecule has 4 nitrogen and oxygen atoms in total. The molecule has 3 rings (SSSR count). The first-order valence-electron chi connectivity index (χ1n) is 8.50. The third kappa shape index (κ3) is 3.90. The molecule has 2 atom stereocenters. The third-order valence-corrected chi connectivity index (χ3v) is 5.46. The number of benzene rings is 1. The Morgan fingerprint density at radius 1 is 1.29 bits per heavy atom. The van der Waals surface area contributed by atoms with Crippen molar-refractivity contribution in [3.05, 3.63) is 42.5 Å². The van der Waals surface area contributed by atoms with Gasteiger partial charge in [0, 0.05) is 17.4 Å². The lowest BCUT2D eigenvalue weighted by Gasteiger charge is -2.31. The first kappa shape index (κ1) is 17.2. The fourth-order valence-corrected chi connectivity index (χ4v) is 4.67. The lowest BCUT2D eigenvalue weighted by molar-refractivity contribution is -0.0265. The molecule has 0 spiro atoms. The van der Waals surface area contributed by atoms with Gasteiger partial charge in [0.25, 0.3) is 0 Å². The van der Waals surface area contributed by atoms with Crippen molar-refractivity contribution in [2.45, 2.75) is 62.8 Å². The van der Waals surface area contributed by atoms with Crippen LogP contribution in [0.5, 0.6) is 0 Å². The SMILES string of the molecule is C=CCn1c(SC2C[C@@H](C)O[C@H](C)C2)nnc1-c1cccc(C)c1. The van der Waals surface area contributed by atoms with Crippen molar-refractivity contribution in [2.24, 2.45) is 0 Å². The van der Waals surface area contributed by atoms with Crippen LogP contribution in [-0.4, -0.2) is 32.2 Å². The lowest BCUT2D eigenvalue weighted by atomic mass is 10.1. The predicted molar refractivity (Wildman–Crippen MR) is 99.3 cm³/mol. The highest BCUT2D eigenvalue weighted by atomic mass is 32.2. The number of thioether (sulfide) groups is 1. The highest BCUT2D eigenvalue weighted by Gasteiger charge is 2.27. The Labute approximate surface area is 148 Å². The molecule has 0 bridgehead atoms. The average Bonchev–Trinajstić information content (AvgIpc) is 2.89. The van der Waals surface area contributed by atoms with Crippen molar-refractivity contribution in [1.29, 1.82) is 0 Å². The minimum Gasteiger partial charge on any atom is -0.375 e. The van der Waals surface area contributed by atoms with Gasteiger partial charge in [-0.3, -0.25) is 4.57 Å². The maximum Gasteiger partial charge on any atom is 0.192 e. The molecule has 0 amide bonds. The Morgan fingerprint density at radius 3 is 2.71 bits per heavy atom. The maximum atomic E-state index is 5.85. The van der Waals surface area contributed by atoms with Crippen LogP contribution in [-0.2, 0) is 11.3 Å². The summed E-state index contributed by atoms with van der Waals surface area (Å²) in [5.74, 6) is 0.911. The molecule has 1 aliphatic heterocycles. The number of aromatic nitrogens is 3. The van der Waals surface area contributed by atoms with Crippen molar-refractivity contribution in [1.82, 2.24) is 14.8 Å². The van der Waals surface area contributed by atoms with Gasteiger partial charge in [-0.05, 0) is 39.7 Å². The van der Waals surface area contributed by atoms with Gasteiger partial charge in [0.1, 0.15) is 0 Å². The second-order valence-corrected chi connectivity index (χ2v) is 7.81. The van der Waals surface area contributed by atoms with Crippen LogP contribution in [0.15, 0.2) is 42.1 Å². The van der Waals surface area contributed by atoms with Gasteiger partial charge in [-0.15, -0.1) is 16.8 Å². The summed E-state index contributed by atoms with van der Waals surface area (Å²) in [4.78, 5) is 0. The van der Waals surface area contributed by atoms with Gasteiger partial charge in [-0.25, -0.2) is 0 Å². The molecule has 24 heavy (non-hydrogen) atoms. The number of hydrogen-bond acceptors (Lipinski definition) is 4. The van der Waals surface area contributed by atoms with Crippen molar-refractivity contribution < 1.29 is 4.74 Å². The molecule has 128 valence electrons. The van der Waals surface area contributed by atoms with Crippen LogP contribution in [0, 0.1) is 6.92 Å². The number of hydrogen-bond donors (Lipinski definition) is 0. The highest BCUT2D eigenvalue weighted by molar-refractivity contribution is 7.99. The first-order valence-corrected chi connectivity index (χ1v) is 9.38. The topological polar surface area (TPSA) is 39.9 Å². The standard InChI is InChI=1S/C19H25N3OS/c1-5-9-22-18(16-8-6-7-13(2)10-16)20-21-19(22)24-17-11-14(3)23-15(4)12-17/h5-8,10,14-15,17H,1,9,11-12H2,2-4H3/t14-,15-/m1/s1. The molecule has 0 N–H and O–H groups in total. The number of rotatable bonds is 5. The van der Waals surface area contributed by atoms with Crippen LogP contribution in [0.1, 0.15) is 32.3 Å². The summed E-state index contributed by atoms with van der Waals surface area (Å²) in [6.07, 6.45) is 4.62. The summed E-state index contributed by atoms with van der Waals surface area (Å²) < 4.78 is 8.01. The summed E-state index contributed by atoms with van der Waals surface area (Å²) in [5.41, 5.74) is 2.33.